The van der Waals surface area contributed by atoms with Gasteiger partial charge in [0.15, 0.2) is 0 Å². The van der Waals surface area contributed by atoms with Gasteiger partial charge >= 0.3 is 0 Å². The summed E-state index contributed by atoms with van der Waals surface area (Å²) in [7, 11) is 0. The number of fused-ring (bicyclic) bond motifs is 7. The van der Waals surface area contributed by atoms with Crippen molar-refractivity contribution < 1.29 is 4.42 Å². The highest BCUT2D eigenvalue weighted by Crippen LogP contribution is 2.43. The second-order valence-corrected chi connectivity index (χ2v) is 15.2. The Bertz CT molecular complexity index is 3190. The van der Waals surface area contributed by atoms with Gasteiger partial charge in [-0.3, -0.25) is 0 Å². The first-order valence-corrected chi connectivity index (χ1v) is 19.5. The molecule has 9 aromatic carbocycles. The maximum atomic E-state index is 6.23. The third-order valence-electron chi connectivity index (χ3n) is 10.8. The van der Waals surface area contributed by atoms with E-state index in [9.17, 15) is 0 Å². The molecule has 0 amide bonds. The summed E-state index contributed by atoms with van der Waals surface area (Å²) in [6.45, 7) is 0. The first-order chi connectivity index (χ1) is 27.2. The summed E-state index contributed by atoms with van der Waals surface area (Å²) in [6, 6.07) is 72.2. The molecule has 55 heavy (non-hydrogen) atoms. The number of nitrogens with zero attached hydrogens (tertiary/aromatic N) is 1. The van der Waals surface area contributed by atoms with Crippen LogP contribution in [0.2, 0.25) is 0 Å². The van der Waals surface area contributed by atoms with Gasteiger partial charge in [-0.2, -0.15) is 0 Å². The number of benzene rings is 9. The molecule has 0 bridgehead atoms. The second-order valence-electron chi connectivity index (χ2n) is 14.1. The highest BCUT2D eigenvalue weighted by molar-refractivity contribution is 7.26. The summed E-state index contributed by atoms with van der Waals surface area (Å²) in [6.07, 6.45) is 0. The van der Waals surface area contributed by atoms with Crippen LogP contribution in [0.3, 0.4) is 0 Å². The van der Waals surface area contributed by atoms with E-state index in [1.165, 1.54) is 64.3 Å². The summed E-state index contributed by atoms with van der Waals surface area (Å²) in [5, 5.41) is 7.30. The average molecular weight is 720 g/mol. The zero-order chi connectivity index (χ0) is 36.3. The van der Waals surface area contributed by atoms with Crippen LogP contribution in [0.4, 0.5) is 17.1 Å². The van der Waals surface area contributed by atoms with Crippen molar-refractivity contribution in [2.75, 3.05) is 4.90 Å². The number of rotatable bonds is 6. The summed E-state index contributed by atoms with van der Waals surface area (Å²) in [5.74, 6) is 0. The molecular weight excluding hydrogens is 687 g/mol. The maximum Gasteiger partial charge on any atom is 0.136 e. The Labute approximate surface area is 322 Å². The fraction of sp³-hybridized carbons (Fsp3) is 0. The molecule has 0 fully saturated rings. The molecule has 11 aromatic rings. The monoisotopic (exact) mass is 719 g/mol. The number of furan rings is 1. The standard InChI is InChI=1S/C52H33NOS/c1-2-10-34(11-3-1)35-22-26-41(27-23-35)53(43-13-8-12-39(31-43)44-16-9-17-47-46-15-5-7-19-51(46)55-52(44)47)42-28-24-36(25-29-42)37-20-21-38-32-48-45-14-4-6-18-49(45)54-50(48)33-40(38)30-37/h1-33H. The van der Waals surface area contributed by atoms with E-state index in [2.05, 4.69) is 193 Å². The van der Waals surface area contributed by atoms with Gasteiger partial charge in [-0.25, -0.2) is 0 Å². The average Bonchev–Trinajstić information content (AvgIpc) is 3.82. The smallest absolute Gasteiger partial charge is 0.136 e. The Hall–Kier alpha value is -6.94. The fourth-order valence-electron chi connectivity index (χ4n) is 8.12. The van der Waals surface area contributed by atoms with Crippen LogP contribution < -0.4 is 4.90 Å². The van der Waals surface area contributed by atoms with Gasteiger partial charge in [0.1, 0.15) is 11.2 Å². The van der Waals surface area contributed by atoms with Crippen LogP contribution in [0.15, 0.2) is 205 Å². The van der Waals surface area contributed by atoms with E-state index < -0.39 is 0 Å². The molecule has 258 valence electrons. The predicted octanol–water partition coefficient (Wildman–Crippen LogP) is 15.6. The lowest BCUT2D eigenvalue weighted by molar-refractivity contribution is 0.669. The zero-order valence-corrected chi connectivity index (χ0v) is 30.6. The minimum atomic E-state index is 0.918. The van der Waals surface area contributed by atoms with Crippen LogP contribution in [-0.2, 0) is 0 Å². The summed E-state index contributed by atoms with van der Waals surface area (Å²) >= 11 is 1.87. The van der Waals surface area contributed by atoms with Crippen LogP contribution in [0, 0.1) is 0 Å². The number of thiophene rings is 1. The molecule has 2 nitrogen and oxygen atoms in total. The molecule has 0 aliphatic carbocycles. The van der Waals surface area contributed by atoms with Gasteiger partial charge in [0.25, 0.3) is 0 Å². The molecule has 0 spiro atoms. The molecule has 2 heterocycles. The second kappa shape index (κ2) is 12.9. The molecule has 0 aliphatic heterocycles. The van der Waals surface area contributed by atoms with Gasteiger partial charge in [0, 0.05) is 48.0 Å². The molecule has 11 rings (SSSR count). The highest BCUT2D eigenvalue weighted by Gasteiger charge is 2.17. The number of hydrogen-bond donors (Lipinski definition) is 0. The van der Waals surface area contributed by atoms with E-state index in [-0.39, 0.29) is 0 Å². The van der Waals surface area contributed by atoms with Gasteiger partial charge in [0.2, 0.25) is 0 Å². The molecule has 0 atom stereocenters. The van der Waals surface area contributed by atoms with E-state index in [1.807, 2.05) is 23.5 Å². The van der Waals surface area contributed by atoms with E-state index in [0.717, 1.165) is 39.0 Å². The van der Waals surface area contributed by atoms with Crippen LogP contribution in [0.25, 0.3) is 86.3 Å². The molecule has 3 heteroatoms. The van der Waals surface area contributed by atoms with Gasteiger partial charge in [-0.1, -0.05) is 133 Å². The van der Waals surface area contributed by atoms with Crippen molar-refractivity contribution in [3.8, 4) is 33.4 Å². The van der Waals surface area contributed by atoms with Crippen molar-refractivity contribution in [2.45, 2.75) is 0 Å². The van der Waals surface area contributed by atoms with Crippen molar-refractivity contribution in [1.29, 1.82) is 0 Å². The van der Waals surface area contributed by atoms with E-state index in [0.29, 0.717) is 0 Å². The molecule has 0 N–H and O–H groups in total. The topological polar surface area (TPSA) is 16.4 Å². The van der Waals surface area contributed by atoms with Crippen molar-refractivity contribution >= 4 is 81.3 Å². The SMILES string of the molecule is c1ccc(-c2ccc(N(c3ccc(-c4ccc5cc6c(cc5c4)oc4ccccc46)cc3)c3cccc(-c4cccc5c4sc4ccccc45)c3)cc2)cc1. The van der Waals surface area contributed by atoms with Gasteiger partial charge in [-0.15, -0.1) is 11.3 Å². The molecule has 0 unspecified atom stereocenters. The number of para-hydroxylation sites is 1. The third kappa shape index (κ3) is 5.48. The van der Waals surface area contributed by atoms with Crippen LogP contribution >= 0.6 is 11.3 Å². The van der Waals surface area contributed by atoms with Crippen molar-refractivity contribution in [3.05, 3.63) is 200 Å². The molecule has 0 saturated heterocycles. The van der Waals surface area contributed by atoms with Crippen molar-refractivity contribution in [1.82, 2.24) is 0 Å². The minimum absolute atomic E-state index is 0.918. The van der Waals surface area contributed by atoms with E-state index >= 15 is 0 Å². The van der Waals surface area contributed by atoms with Crippen molar-refractivity contribution in [3.63, 3.8) is 0 Å². The Balaban J connectivity index is 0.999. The van der Waals surface area contributed by atoms with Crippen LogP contribution in [-0.4, -0.2) is 0 Å². The molecule has 0 radical (unpaired) electrons. The fourth-order valence-corrected chi connectivity index (χ4v) is 9.36. The molecular formula is C52H33NOS. The Morgan fingerprint density at radius 1 is 0.345 bits per heavy atom. The lowest BCUT2D eigenvalue weighted by Gasteiger charge is -2.26. The first kappa shape index (κ1) is 31.6. The third-order valence-corrected chi connectivity index (χ3v) is 12.1. The highest BCUT2D eigenvalue weighted by atomic mass is 32.1. The lowest BCUT2D eigenvalue weighted by atomic mass is 9.99. The van der Waals surface area contributed by atoms with Gasteiger partial charge in [0.05, 0.1) is 0 Å². The summed E-state index contributed by atoms with van der Waals surface area (Å²) in [5.41, 5.74) is 12.3. The normalized spacial score (nSPS) is 11.6. The number of hydrogen-bond acceptors (Lipinski definition) is 3. The van der Waals surface area contributed by atoms with E-state index in [1.54, 1.807) is 0 Å². The Morgan fingerprint density at radius 3 is 1.80 bits per heavy atom. The largest absolute Gasteiger partial charge is 0.456 e. The Morgan fingerprint density at radius 2 is 0.982 bits per heavy atom. The van der Waals surface area contributed by atoms with Crippen molar-refractivity contribution in [2.24, 2.45) is 0 Å². The molecule has 2 aromatic heterocycles. The minimum Gasteiger partial charge on any atom is -0.456 e. The quantitative estimate of drug-likeness (QED) is 0.170. The zero-order valence-electron chi connectivity index (χ0n) is 29.8. The van der Waals surface area contributed by atoms with Crippen LogP contribution in [0.5, 0.6) is 0 Å². The van der Waals surface area contributed by atoms with Crippen LogP contribution in [0.1, 0.15) is 0 Å². The maximum absolute atomic E-state index is 6.23. The molecule has 0 saturated carbocycles. The van der Waals surface area contributed by atoms with E-state index in [4.69, 9.17) is 4.42 Å². The van der Waals surface area contributed by atoms with Gasteiger partial charge in [-0.05, 0) is 111 Å². The first-order valence-electron chi connectivity index (χ1n) is 18.7. The lowest BCUT2D eigenvalue weighted by Crippen LogP contribution is -2.10. The van der Waals surface area contributed by atoms with Gasteiger partial charge < -0.3 is 9.32 Å². The molecule has 0 aliphatic rings. The predicted molar refractivity (Wildman–Crippen MR) is 235 cm³/mol. The summed E-state index contributed by atoms with van der Waals surface area (Å²) < 4.78 is 8.87. The summed E-state index contributed by atoms with van der Waals surface area (Å²) in [4.78, 5) is 2.37. The number of anilines is 3. The Kier molecular flexibility index (Phi) is 7.39.